The van der Waals surface area contributed by atoms with Gasteiger partial charge in [0.2, 0.25) is 0 Å². The van der Waals surface area contributed by atoms with Crippen LogP contribution in [0.3, 0.4) is 0 Å². The van der Waals surface area contributed by atoms with Crippen molar-refractivity contribution in [3.05, 3.63) is 29.0 Å². The van der Waals surface area contributed by atoms with Gasteiger partial charge >= 0.3 is 0 Å². The van der Waals surface area contributed by atoms with Gasteiger partial charge in [-0.1, -0.05) is 18.5 Å². The second-order valence-electron chi connectivity index (χ2n) is 3.16. The molecule has 0 aliphatic heterocycles. The highest BCUT2D eigenvalue weighted by atomic mass is 35.5. The summed E-state index contributed by atoms with van der Waals surface area (Å²) in [6, 6.07) is 4.43. The van der Waals surface area contributed by atoms with Crippen molar-refractivity contribution in [2.75, 3.05) is 25.1 Å². The summed E-state index contributed by atoms with van der Waals surface area (Å²) in [5, 5.41) is 3.45. The Balaban J connectivity index is 2.33. The molecule has 15 heavy (non-hydrogen) atoms. The van der Waals surface area contributed by atoms with Gasteiger partial charge in [0.15, 0.2) is 0 Å². The van der Waals surface area contributed by atoms with Crippen molar-refractivity contribution >= 4 is 17.3 Å². The maximum absolute atomic E-state index is 13.2. The SMILES string of the molecule is CCCOCCNc1cc(Cl)ccc1F. The van der Waals surface area contributed by atoms with Crippen LogP contribution in [0.1, 0.15) is 13.3 Å². The molecule has 84 valence electrons. The zero-order chi connectivity index (χ0) is 11.1. The highest BCUT2D eigenvalue weighted by Gasteiger charge is 2.01. The van der Waals surface area contributed by atoms with Gasteiger partial charge in [0.05, 0.1) is 12.3 Å². The van der Waals surface area contributed by atoms with Crippen molar-refractivity contribution in [2.45, 2.75) is 13.3 Å². The number of halogens is 2. The van der Waals surface area contributed by atoms with Gasteiger partial charge in [-0.3, -0.25) is 0 Å². The third kappa shape index (κ3) is 4.49. The molecule has 0 bridgehead atoms. The van der Waals surface area contributed by atoms with E-state index in [0.29, 0.717) is 23.9 Å². The van der Waals surface area contributed by atoms with Crippen LogP contribution in [0.2, 0.25) is 5.02 Å². The number of rotatable bonds is 6. The first-order valence-corrected chi connectivity index (χ1v) is 5.38. The molecule has 0 fully saturated rings. The van der Waals surface area contributed by atoms with Crippen molar-refractivity contribution in [3.8, 4) is 0 Å². The topological polar surface area (TPSA) is 21.3 Å². The molecule has 0 spiro atoms. The number of hydrogen-bond donors (Lipinski definition) is 1. The summed E-state index contributed by atoms with van der Waals surface area (Å²) in [7, 11) is 0. The summed E-state index contributed by atoms with van der Waals surface area (Å²) in [4.78, 5) is 0. The summed E-state index contributed by atoms with van der Waals surface area (Å²) >= 11 is 5.74. The van der Waals surface area contributed by atoms with E-state index in [2.05, 4.69) is 5.32 Å². The monoisotopic (exact) mass is 231 g/mol. The van der Waals surface area contributed by atoms with Crippen LogP contribution in [-0.4, -0.2) is 19.8 Å². The number of hydrogen-bond acceptors (Lipinski definition) is 2. The number of benzene rings is 1. The highest BCUT2D eigenvalue weighted by Crippen LogP contribution is 2.18. The van der Waals surface area contributed by atoms with E-state index in [4.69, 9.17) is 16.3 Å². The summed E-state index contributed by atoms with van der Waals surface area (Å²) in [5.41, 5.74) is 0.419. The molecule has 0 aliphatic carbocycles. The second-order valence-corrected chi connectivity index (χ2v) is 3.60. The Morgan fingerprint density at radius 3 is 2.93 bits per heavy atom. The maximum Gasteiger partial charge on any atom is 0.146 e. The summed E-state index contributed by atoms with van der Waals surface area (Å²) in [6.45, 7) is 3.93. The predicted molar refractivity (Wildman–Crippen MR) is 61.0 cm³/mol. The minimum Gasteiger partial charge on any atom is -0.380 e. The van der Waals surface area contributed by atoms with Gasteiger partial charge in [-0.05, 0) is 24.6 Å². The van der Waals surface area contributed by atoms with Crippen LogP contribution in [0.5, 0.6) is 0 Å². The molecule has 4 heteroatoms. The molecular weight excluding hydrogens is 217 g/mol. The van der Waals surface area contributed by atoms with E-state index in [1.54, 1.807) is 6.07 Å². The lowest BCUT2D eigenvalue weighted by Gasteiger charge is -2.08. The number of ether oxygens (including phenoxy) is 1. The van der Waals surface area contributed by atoms with Gasteiger partial charge in [-0.25, -0.2) is 4.39 Å². The first-order chi connectivity index (χ1) is 7.24. The molecule has 0 saturated carbocycles. The number of nitrogens with one attached hydrogen (secondary N) is 1. The smallest absolute Gasteiger partial charge is 0.146 e. The molecule has 0 unspecified atom stereocenters. The average Bonchev–Trinajstić information content (AvgIpc) is 2.23. The van der Waals surface area contributed by atoms with Gasteiger partial charge in [0, 0.05) is 18.2 Å². The normalized spacial score (nSPS) is 10.3. The molecule has 0 amide bonds. The van der Waals surface area contributed by atoms with E-state index in [-0.39, 0.29) is 5.82 Å². The minimum atomic E-state index is -0.296. The van der Waals surface area contributed by atoms with Crippen molar-refractivity contribution in [2.24, 2.45) is 0 Å². The van der Waals surface area contributed by atoms with Crippen molar-refractivity contribution in [3.63, 3.8) is 0 Å². The Bertz CT molecular complexity index is 307. The molecule has 1 N–H and O–H groups in total. The van der Waals surface area contributed by atoms with Crippen LogP contribution in [0, 0.1) is 5.82 Å². The summed E-state index contributed by atoms with van der Waals surface area (Å²) < 4.78 is 18.4. The first kappa shape index (κ1) is 12.3. The second kappa shape index (κ2) is 6.64. The fourth-order valence-electron chi connectivity index (χ4n) is 1.14. The molecule has 0 aromatic heterocycles. The van der Waals surface area contributed by atoms with E-state index < -0.39 is 0 Å². The molecular formula is C11H15ClFNO. The fourth-order valence-corrected chi connectivity index (χ4v) is 1.31. The third-order valence-corrected chi connectivity index (χ3v) is 2.07. The molecule has 2 nitrogen and oxygen atoms in total. The molecule has 0 heterocycles. The largest absolute Gasteiger partial charge is 0.380 e. The van der Waals surface area contributed by atoms with Gasteiger partial charge in [-0.2, -0.15) is 0 Å². The first-order valence-electron chi connectivity index (χ1n) is 5.00. The molecule has 0 radical (unpaired) electrons. The minimum absolute atomic E-state index is 0.296. The quantitative estimate of drug-likeness (QED) is 0.759. The summed E-state index contributed by atoms with van der Waals surface area (Å²) in [6.07, 6.45) is 0.992. The van der Waals surface area contributed by atoms with Crippen LogP contribution < -0.4 is 5.32 Å². The van der Waals surface area contributed by atoms with Crippen LogP contribution in [-0.2, 0) is 4.74 Å². The van der Waals surface area contributed by atoms with Crippen molar-refractivity contribution < 1.29 is 9.13 Å². The van der Waals surface area contributed by atoms with Crippen LogP contribution >= 0.6 is 11.6 Å². The molecule has 0 saturated heterocycles. The highest BCUT2D eigenvalue weighted by molar-refractivity contribution is 6.30. The van der Waals surface area contributed by atoms with E-state index in [1.807, 2.05) is 6.92 Å². The average molecular weight is 232 g/mol. The van der Waals surface area contributed by atoms with Gasteiger partial charge in [0.25, 0.3) is 0 Å². The van der Waals surface area contributed by atoms with Crippen LogP contribution in [0.25, 0.3) is 0 Å². The standard InChI is InChI=1S/C11H15ClFNO/c1-2-6-15-7-5-14-11-8-9(12)3-4-10(11)13/h3-4,8,14H,2,5-7H2,1H3. The summed E-state index contributed by atoms with van der Waals surface area (Å²) in [5.74, 6) is -0.296. The van der Waals surface area contributed by atoms with Gasteiger partial charge < -0.3 is 10.1 Å². The molecule has 0 atom stereocenters. The van der Waals surface area contributed by atoms with E-state index in [0.717, 1.165) is 13.0 Å². The van der Waals surface area contributed by atoms with Crippen molar-refractivity contribution in [1.82, 2.24) is 0 Å². The molecule has 0 aliphatic rings. The Hall–Kier alpha value is -0.800. The lowest BCUT2D eigenvalue weighted by molar-refractivity contribution is 0.144. The molecule has 1 aromatic rings. The van der Waals surface area contributed by atoms with Gasteiger partial charge in [0.1, 0.15) is 5.82 Å². The Kier molecular flexibility index (Phi) is 5.43. The molecule has 1 rings (SSSR count). The zero-order valence-electron chi connectivity index (χ0n) is 8.72. The van der Waals surface area contributed by atoms with Crippen LogP contribution in [0.15, 0.2) is 18.2 Å². The van der Waals surface area contributed by atoms with E-state index >= 15 is 0 Å². The van der Waals surface area contributed by atoms with E-state index in [9.17, 15) is 4.39 Å². The van der Waals surface area contributed by atoms with E-state index in [1.165, 1.54) is 12.1 Å². The third-order valence-electron chi connectivity index (χ3n) is 1.84. The zero-order valence-corrected chi connectivity index (χ0v) is 9.48. The lowest BCUT2D eigenvalue weighted by Crippen LogP contribution is -2.10. The Morgan fingerprint density at radius 2 is 2.20 bits per heavy atom. The molecule has 1 aromatic carbocycles. The Labute approximate surface area is 94.4 Å². The van der Waals surface area contributed by atoms with Crippen molar-refractivity contribution in [1.29, 1.82) is 0 Å². The maximum atomic E-state index is 13.2. The fraction of sp³-hybridized carbons (Fsp3) is 0.455. The predicted octanol–water partition coefficient (Wildman–Crippen LogP) is 3.32. The number of anilines is 1. The lowest BCUT2D eigenvalue weighted by atomic mass is 10.3. The van der Waals surface area contributed by atoms with Crippen LogP contribution in [0.4, 0.5) is 10.1 Å². The Morgan fingerprint density at radius 1 is 1.40 bits per heavy atom. The van der Waals surface area contributed by atoms with Gasteiger partial charge in [-0.15, -0.1) is 0 Å².